The van der Waals surface area contributed by atoms with Gasteiger partial charge in [-0.2, -0.15) is 0 Å². The summed E-state index contributed by atoms with van der Waals surface area (Å²) in [6, 6.07) is 8.83. The second-order valence-corrected chi connectivity index (χ2v) is 5.21. The average Bonchev–Trinajstić information content (AvgIpc) is 2.60. The van der Waals surface area contributed by atoms with Crippen LogP contribution in [-0.2, 0) is 4.79 Å². The van der Waals surface area contributed by atoms with Crippen molar-refractivity contribution in [1.82, 2.24) is 0 Å². The molecule has 8 nitrogen and oxygen atoms in total. The summed E-state index contributed by atoms with van der Waals surface area (Å²) in [5.41, 5.74) is 0.0697. The molecule has 25 heavy (non-hydrogen) atoms. The van der Waals surface area contributed by atoms with Gasteiger partial charge in [0.1, 0.15) is 11.5 Å². The second-order valence-electron chi connectivity index (χ2n) is 4.77. The molecule has 0 fully saturated rings. The van der Waals surface area contributed by atoms with Crippen molar-refractivity contribution in [3.63, 3.8) is 0 Å². The molecule has 9 heteroatoms. The van der Waals surface area contributed by atoms with Crippen LogP contribution in [0, 0.1) is 10.1 Å². The molecule has 1 N–H and O–H groups in total. The number of amides is 1. The number of nitro benzene ring substituents is 1. The maximum absolute atomic E-state index is 12.0. The number of nitrogens with zero attached hydrogens (tertiary/aromatic N) is 1. The van der Waals surface area contributed by atoms with E-state index in [1.807, 2.05) is 0 Å². The number of anilines is 1. The minimum atomic E-state index is -0.615. The molecule has 0 atom stereocenters. The Morgan fingerprint density at radius 3 is 2.52 bits per heavy atom. The molecule has 0 aliphatic rings. The zero-order valence-corrected chi connectivity index (χ0v) is 14.2. The number of hydrogen-bond donors (Lipinski definition) is 1. The lowest BCUT2D eigenvalue weighted by molar-refractivity contribution is -0.385. The average molecular weight is 367 g/mol. The van der Waals surface area contributed by atoms with Crippen LogP contribution in [0.4, 0.5) is 11.4 Å². The van der Waals surface area contributed by atoms with Gasteiger partial charge in [-0.25, -0.2) is 0 Å². The summed E-state index contributed by atoms with van der Waals surface area (Å²) in [5, 5.41) is 14.1. The topological polar surface area (TPSA) is 99.9 Å². The quantitative estimate of drug-likeness (QED) is 0.596. The van der Waals surface area contributed by atoms with Crippen molar-refractivity contribution in [3.8, 4) is 17.2 Å². The van der Waals surface area contributed by atoms with Gasteiger partial charge < -0.3 is 19.5 Å². The number of nitro groups is 1. The van der Waals surface area contributed by atoms with Gasteiger partial charge in [-0.15, -0.1) is 0 Å². The highest BCUT2D eigenvalue weighted by molar-refractivity contribution is 6.31. The van der Waals surface area contributed by atoms with Crippen molar-refractivity contribution in [2.45, 2.75) is 0 Å². The predicted octanol–water partition coefficient (Wildman–Crippen LogP) is 3.28. The van der Waals surface area contributed by atoms with Crippen LogP contribution in [0.2, 0.25) is 5.02 Å². The summed E-state index contributed by atoms with van der Waals surface area (Å²) in [7, 11) is 2.85. The van der Waals surface area contributed by atoms with Crippen molar-refractivity contribution in [2.75, 3.05) is 26.1 Å². The smallest absolute Gasteiger partial charge is 0.314 e. The highest BCUT2D eigenvalue weighted by Gasteiger charge is 2.18. The van der Waals surface area contributed by atoms with E-state index in [1.54, 1.807) is 12.1 Å². The first kappa shape index (κ1) is 18.3. The summed E-state index contributed by atoms with van der Waals surface area (Å²) >= 11 is 5.89. The van der Waals surface area contributed by atoms with Crippen molar-refractivity contribution in [3.05, 3.63) is 51.5 Å². The monoisotopic (exact) mass is 366 g/mol. The molecule has 0 aliphatic heterocycles. The molecule has 132 valence electrons. The van der Waals surface area contributed by atoms with Gasteiger partial charge >= 0.3 is 5.69 Å². The van der Waals surface area contributed by atoms with Gasteiger partial charge in [0.2, 0.25) is 0 Å². The molecule has 2 rings (SSSR count). The molecule has 0 aromatic heterocycles. The van der Waals surface area contributed by atoms with E-state index in [2.05, 4.69) is 5.32 Å². The molecule has 0 saturated heterocycles. The Morgan fingerprint density at radius 2 is 1.88 bits per heavy atom. The van der Waals surface area contributed by atoms with Crippen molar-refractivity contribution >= 4 is 28.9 Å². The first-order chi connectivity index (χ1) is 11.9. The molecule has 2 aromatic carbocycles. The summed E-state index contributed by atoms with van der Waals surface area (Å²) in [5.74, 6) is 0.171. The van der Waals surface area contributed by atoms with E-state index in [0.717, 1.165) is 0 Å². The number of ether oxygens (including phenoxy) is 3. The molecule has 0 saturated carbocycles. The summed E-state index contributed by atoms with van der Waals surface area (Å²) < 4.78 is 15.3. The fraction of sp³-hybridized carbons (Fsp3) is 0.188. The highest BCUT2D eigenvalue weighted by Crippen LogP contribution is 2.31. The number of methoxy groups -OCH3 is 2. The number of carbonyl (C=O) groups excluding carboxylic acids is 1. The van der Waals surface area contributed by atoms with E-state index in [4.69, 9.17) is 25.8 Å². The number of carbonyl (C=O) groups is 1. The van der Waals surface area contributed by atoms with Crippen molar-refractivity contribution in [2.24, 2.45) is 0 Å². The van der Waals surface area contributed by atoms with E-state index in [0.29, 0.717) is 22.2 Å². The fourth-order valence-corrected chi connectivity index (χ4v) is 2.17. The predicted molar refractivity (Wildman–Crippen MR) is 91.8 cm³/mol. The molecule has 1 amide bonds. The Labute approximate surface area is 148 Å². The van der Waals surface area contributed by atoms with E-state index in [9.17, 15) is 14.9 Å². The van der Waals surface area contributed by atoms with Crippen LogP contribution in [0.3, 0.4) is 0 Å². The Bertz CT molecular complexity index is 796. The minimum absolute atomic E-state index is 0.0426. The maximum Gasteiger partial charge on any atom is 0.314 e. The molecule has 0 aliphatic carbocycles. The van der Waals surface area contributed by atoms with Gasteiger partial charge in [0, 0.05) is 5.02 Å². The lowest BCUT2D eigenvalue weighted by atomic mass is 10.2. The Balaban J connectivity index is 2.08. The van der Waals surface area contributed by atoms with E-state index in [-0.39, 0.29) is 11.4 Å². The van der Waals surface area contributed by atoms with Gasteiger partial charge in [0.25, 0.3) is 5.91 Å². The Morgan fingerprint density at radius 1 is 1.16 bits per heavy atom. The molecular weight excluding hydrogens is 352 g/mol. The zero-order chi connectivity index (χ0) is 18.4. The van der Waals surface area contributed by atoms with Crippen LogP contribution in [0.25, 0.3) is 0 Å². The van der Waals surface area contributed by atoms with Crippen LogP contribution in [-0.4, -0.2) is 31.7 Å². The Kier molecular flexibility index (Phi) is 6.02. The van der Waals surface area contributed by atoms with Crippen LogP contribution in [0.1, 0.15) is 0 Å². The number of nitrogens with one attached hydrogen (secondary N) is 1. The third-order valence-corrected chi connectivity index (χ3v) is 3.39. The first-order valence-corrected chi connectivity index (χ1v) is 7.41. The summed E-state index contributed by atoms with van der Waals surface area (Å²) in [4.78, 5) is 22.5. The number of hydrogen-bond acceptors (Lipinski definition) is 6. The van der Waals surface area contributed by atoms with E-state index >= 15 is 0 Å². The normalized spacial score (nSPS) is 10.0. The van der Waals surface area contributed by atoms with Crippen LogP contribution >= 0.6 is 11.6 Å². The van der Waals surface area contributed by atoms with Gasteiger partial charge in [-0.05, 0) is 30.3 Å². The molecule has 2 aromatic rings. The molecule has 0 radical (unpaired) electrons. The highest BCUT2D eigenvalue weighted by atomic mass is 35.5. The van der Waals surface area contributed by atoms with Crippen molar-refractivity contribution in [1.29, 1.82) is 0 Å². The lowest BCUT2D eigenvalue weighted by Gasteiger charge is -2.11. The van der Waals surface area contributed by atoms with Crippen LogP contribution < -0.4 is 19.5 Å². The van der Waals surface area contributed by atoms with Gasteiger partial charge in [-0.1, -0.05) is 11.6 Å². The fourth-order valence-electron chi connectivity index (χ4n) is 2.00. The third-order valence-electron chi connectivity index (χ3n) is 3.16. The standard InChI is InChI=1S/C16H15ClN2O6/c1-23-11-4-6-15(13(8-11)19(21)22)25-9-16(20)18-12-7-10(17)3-5-14(12)24-2/h3-8H,9H2,1-2H3,(H,18,20). The number of benzene rings is 2. The van der Waals surface area contributed by atoms with Crippen LogP contribution in [0.15, 0.2) is 36.4 Å². The minimum Gasteiger partial charge on any atom is -0.496 e. The molecule has 0 unspecified atom stereocenters. The van der Waals surface area contributed by atoms with Gasteiger partial charge in [0.05, 0.1) is 30.9 Å². The molecule has 0 heterocycles. The summed E-state index contributed by atoms with van der Waals surface area (Å²) in [6.45, 7) is -0.428. The lowest BCUT2D eigenvalue weighted by Crippen LogP contribution is -2.20. The van der Waals surface area contributed by atoms with Gasteiger partial charge in [0.15, 0.2) is 12.4 Å². The molecular formula is C16H15ClN2O6. The molecule has 0 bridgehead atoms. The van der Waals surface area contributed by atoms with Crippen molar-refractivity contribution < 1.29 is 23.9 Å². The van der Waals surface area contributed by atoms with Gasteiger partial charge in [-0.3, -0.25) is 14.9 Å². The van der Waals surface area contributed by atoms with E-state index in [1.165, 1.54) is 38.5 Å². The SMILES string of the molecule is COc1ccc(OCC(=O)Nc2cc(Cl)ccc2OC)c([N+](=O)[O-])c1. The zero-order valence-electron chi connectivity index (χ0n) is 13.4. The number of rotatable bonds is 7. The largest absolute Gasteiger partial charge is 0.496 e. The molecule has 0 spiro atoms. The van der Waals surface area contributed by atoms with E-state index < -0.39 is 17.4 Å². The Hall–Kier alpha value is -3.00. The second kappa shape index (κ2) is 8.20. The third kappa shape index (κ3) is 4.74. The number of halogens is 1. The maximum atomic E-state index is 12.0. The first-order valence-electron chi connectivity index (χ1n) is 7.03. The summed E-state index contributed by atoms with van der Waals surface area (Å²) in [6.07, 6.45) is 0. The van der Waals surface area contributed by atoms with Crippen LogP contribution in [0.5, 0.6) is 17.2 Å².